The second-order valence-corrected chi connectivity index (χ2v) is 6.55. The number of pyridine rings is 1. The molecule has 0 radical (unpaired) electrons. The summed E-state index contributed by atoms with van der Waals surface area (Å²) >= 11 is 3.54. The molecule has 4 rings (SSSR count). The van der Waals surface area contributed by atoms with Gasteiger partial charge in [0.2, 0.25) is 0 Å². The molecule has 23 heavy (non-hydrogen) atoms. The molecule has 3 heteroatoms. The van der Waals surface area contributed by atoms with Crippen LogP contribution in [0, 0.1) is 6.92 Å². The molecule has 0 amide bonds. The Labute approximate surface area is 142 Å². The van der Waals surface area contributed by atoms with Gasteiger partial charge in [-0.05, 0) is 48.2 Å². The molecule has 0 saturated heterocycles. The van der Waals surface area contributed by atoms with E-state index in [0.29, 0.717) is 0 Å². The predicted molar refractivity (Wildman–Crippen MR) is 99.5 cm³/mol. The van der Waals surface area contributed by atoms with Crippen LogP contribution in [-0.2, 0) is 0 Å². The van der Waals surface area contributed by atoms with E-state index in [1.54, 1.807) is 0 Å². The molecule has 0 aliphatic heterocycles. The molecule has 0 bridgehead atoms. The molecule has 1 aromatic heterocycles. The zero-order valence-corrected chi connectivity index (χ0v) is 14.2. The van der Waals surface area contributed by atoms with Gasteiger partial charge in [-0.15, -0.1) is 0 Å². The van der Waals surface area contributed by atoms with Crippen molar-refractivity contribution in [2.45, 2.75) is 6.92 Å². The van der Waals surface area contributed by atoms with Crippen molar-refractivity contribution in [1.82, 2.24) is 4.57 Å². The smallest absolute Gasteiger partial charge is 0.263 e. The number of aromatic nitrogens is 1. The number of halogens is 1. The Morgan fingerprint density at radius 2 is 1.52 bits per heavy atom. The second-order valence-electron chi connectivity index (χ2n) is 5.63. The van der Waals surface area contributed by atoms with Crippen molar-refractivity contribution in [3.05, 3.63) is 87.1 Å². The monoisotopic (exact) mass is 363 g/mol. The minimum absolute atomic E-state index is 0.0183. The van der Waals surface area contributed by atoms with Crippen molar-refractivity contribution in [3.8, 4) is 5.69 Å². The van der Waals surface area contributed by atoms with Gasteiger partial charge in [-0.25, -0.2) is 0 Å². The Kier molecular flexibility index (Phi) is 3.31. The summed E-state index contributed by atoms with van der Waals surface area (Å²) in [5, 5.41) is 2.79. The first-order chi connectivity index (χ1) is 11.2. The molecular formula is C20H14BrNO. The van der Waals surface area contributed by atoms with Crippen molar-refractivity contribution in [2.24, 2.45) is 0 Å². The van der Waals surface area contributed by atoms with Gasteiger partial charge in [-0.3, -0.25) is 9.36 Å². The number of rotatable bonds is 1. The van der Waals surface area contributed by atoms with Crippen molar-refractivity contribution in [2.75, 3.05) is 0 Å². The largest absolute Gasteiger partial charge is 0.276 e. The summed E-state index contributed by atoms with van der Waals surface area (Å²) in [5.74, 6) is 0. The molecule has 2 nitrogen and oxygen atoms in total. The standard InChI is InChI=1S/C20H14BrNO/c1-13-6-2-5-9-18(13)22-19-11-10-14(21)12-17(19)15-7-3-4-8-16(15)20(22)23/h2-12H,1H3. The summed E-state index contributed by atoms with van der Waals surface area (Å²) in [6.07, 6.45) is 0. The number of aryl methyl sites for hydroxylation is 1. The van der Waals surface area contributed by atoms with Gasteiger partial charge in [0, 0.05) is 15.2 Å². The lowest BCUT2D eigenvalue weighted by molar-refractivity contribution is 1.04. The zero-order valence-electron chi connectivity index (χ0n) is 12.6. The van der Waals surface area contributed by atoms with E-state index < -0.39 is 0 Å². The maximum absolute atomic E-state index is 13.1. The molecule has 0 N–H and O–H groups in total. The van der Waals surface area contributed by atoms with Gasteiger partial charge >= 0.3 is 0 Å². The fourth-order valence-electron chi connectivity index (χ4n) is 3.11. The van der Waals surface area contributed by atoms with E-state index in [1.165, 1.54) is 0 Å². The molecule has 4 aromatic rings. The fourth-order valence-corrected chi connectivity index (χ4v) is 3.47. The number of para-hydroxylation sites is 1. The van der Waals surface area contributed by atoms with E-state index >= 15 is 0 Å². The highest BCUT2D eigenvalue weighted by atomic mass is 79.9. The highest BCUT2D eigenvalue weighted by Gasteiger charge is 2.13. The molecule has 0 unspecified atom stereocenters. The van der Waals surface area contributed by atoms with Crippen LogP contribution in [-0.4, -0.2) is 4.57 Å². The molecule has 0 aliphatic carbocycles. The Morgan fingerprint density at radius 1 is 0.826 bits per heavy atom. The predicted octanol–water partition coefficient (Wildman–Crippen LogP) is 5.21. The Hall–Kier alpha value is -2.39. The lowest BCUT2D eigenvalue weighted by Gasteiger charge is -2.15. The van der Waals surface area contributed by atoms with Gasteiger partial charge in [-0.2, -0.15) is 0 Å². The highest BCUT2D eigenvalue weighted by Crippen LogP contribution is 2.28. The summed E-state index contributed by atoms with van der Waals surface area (Å²) in [6.45, 7) is 2.03. The first-order valence-corrected chi connectivity index (χ1v) is 8.25. The molecule has 0 spiro atoms. The van der Waals surface area contributed by atoms with Crippen LogP contribution in [0.25, 0.3) is 27.4 Å². The van der Waals surface area contributed by atoms with Crippen LogP contribution >= 0.6 is 15.9 Å². The summed E-state index contributed by atoms with van der Waals surface area (Å²) in [4.78, 5) is 13.1. The van der Waals surface area contributed by atoms with Gasteiger partial charge in [0.05, 0.1) is 11.2 Å². The van der Waals surface area contributed by atoms with Gasteiger partial charge in [0.15, 0.2) is 0 Å². The van der Waals surface area contributed by atoms with Gasteiger partial charge in [0.1, 0.15) is 0 Å². The van der Waals surface area contributed by atoms with Gasteiger partial charge in [-0.1, -0.05) is 52.3 Å². The van der Waals surface area contributed by atoms with Crippen LogP contribution in [0.2, 0.25) is 0 Å². The number of nitrogens with zero attached hydrogens (tertiary/aromatic N) is 1. The maximum Gasteiger partial charge on any atom is 0.263 e. The minimum atomic E-state index is 0.0183. The minimum Gasteiger partial charge on any atom is -0.276 e. The third-order valence-corrected chi connectivity index (χ3v) is 4.70. The molecule has 0 atom stereocenters. The lowest BCUT2D eigenvalue weighted by atomic mass is 10.1. The third kappa shape index (κ3) is 2.20. The molecule has 1 heterocycles. The van der Waals surface area contributed by atoms with Crippen LogP contribution < -0.4 is 5.56 Å². The molecule has 0 aliphatic rings. The average molecular weight is 364 g/mol. The van der Waals surface area contributed by atoms with Crippen LogP contribution in [0.4, 0.5) is 0 Å². The van der Waals surface area contributed by atoms with Gasteiger partial charge in [0.25, 0.3) is 5.56 Å². The topological polar surface area (TPSA) is 22.0 Å². The summed E-state index contributed by atoms with van der Waals surface area (Å²) in [7, 11) is 0. The number of hydrogen-bond acceptors (Lipinski definition) is 1. The Morgan fingerprint density at radius 3 is 2.30 bits per heavy atom. The number of fused-ring (bicyclic) bond motifs is 3. The quantitative estimate of drug-likeness (QED) is 0.425. The van der Waals surface area contributed by atoms with Crippen molar-refractivity contribution in [1.29, 1.82) is 0 Å². The number of benzene rings is 3. The maximum atomic E-state index is 13.1. The normalized spacial score (nSPS) is 11.2. The van der Waals surface area contributed by atoms with Crippen molar-refractivity contribution in [3.63, 3.8) is 0 Å². The first-order valence-electron chi connectivity index (χ1n) is 7.46. The van der Waals surface area contributed by atoms with E-state index in [2.05, 4.69) is 22.0 Å². The van der Waals surface area contributed by atoms with Crippen LogP contribution in [0.15, 0.2) is 76.0 Å². The van der Waals surface area contributed by atoms with Crippen LogP contribution in [0.5, 0.6) is 0 Å². The van der Waals surface area contributed by atoms with E-state index in [-0.39, 0.29) is 5.56 Å². The third-order valence-electron chi connectivity index (χ3n) is 4.21. The fraction of sp³-hybridized carbons (Fsp3) is 0.0500. The van der Waals surface area contributed by atoms with E-state index in [4.69, 9.17) is 0 Å². The summed E-state index contributed by atoms with van der Waals surface area (Å²) in [6, 6.07) is 21.8. The van der Waals surface area contributed by atoms with Crippen LogP contribution in [0.1, 0.15) is 5.56 Å². The van der Waals surface area contributed by atoms with Crippen molar-refractivity contribution < 1.29 is 0 Å². The highest BCUT2D eigenvalue weighted by molar-refractivity contribution is 9.10. The SMILES string of the molecule is Cc1ccccc1-n1c(=O)c2ccccc2c2cc(Br)ccc21. The molecular weight excluding hydrogens is 350 g/mol. The Balaban J connectivity index is 2.29. The van der Waals surface area contributed by atoms with Crippen molar-refractivity contribution >= 4 is 37.6 Å². The molecule has 3 aromatic carbocycles. The summed E-state index contributed by atoms with van der Waals surface area (Å²) < 4.78 is 2.82. The lowest BCUT2D eigenvalue weighted by Crippen LogP contribution is -2.20. The molecule has 0 saturated carbocycles. The van der Waals surface area contributed by atoms with E-state index in [0.717, 1.165) is 37.4 Å². The zero-order chi connectivity index (χ0) is 16.0. The molecule has 112 valence electrons. The average Bonchev–Trinajstić information content (AvgIpc) is 2.57. The van der Waals surface area contributed by atoms with Crippen LogP contribution in [0.3, 0.4) is 0 Å². The number of hydrogen-bond donors (Lipinski definition) is 0. The van der Waals surface area contributed by atoms with Gasteiger partial charge < -0.3 is 0 Å². The van der Waals surface area contributed by atoms with E-state index in [1.807, 2.05) is 72.2 Å². The summed E-state index contributed by atoms with van der Waals surface area (Å²) in [5.41, 5.74) is 2.94. The second kappa shape index (κ2) is 5.36. The Bertz CT molecular complexity index is 1110. The first kappa shape index (κ1) is 14.2. The van der Waals surface area contributed by atoms with E-state index in [9.17, 15) is 4.79 Å². The molecule has 0 fully saturated rings.